The molecule has 198 valence electrons. The number of alkyl halides is 1. The van der Waals surface area contributed by atoms with E-state index < -0.39 is 5.97 Å². The van der Waals surface area contributed by atoms with Crippen LogP contribution in [-0.2, 0) is 6.42 Å². The maximum Gasteiger partial charge on any atom is 0.335 e. The Morgan fingerprint density at radius 3 is 2.61 bits per heavy atom. The lowest BCUT2D eigenvalue weighted by atomic mass is 9.86. The number of aromatic carboxylic acids is 1. The fourth-order valence-electron chi connectivity index (χ4n) is 5.76. The maximum absolute atomic E-state index is 12.5. The molecule has 0 saturated carbocycles. The minimum absolute atomic E-state index is 0.111. The van der Waals surface area contributed by atoms with Crippen molar-refractivity contribution in [3.63, 3.8) is 0 Å². The van der Waals surface area contributed by atoms with Crippen LogP contribution in [0.2, 0.25) is 5.02 Å². The molecule has 1 unspecified atom stereocenters. The lowest BCUT2D eigenvalue weighted by Gasteiger charge is -2.19. The molecule has 0 radical (unpaired) electrons. The van der Waals surface area contributed by atoms with E-state index in [1.807, 2.05) is 36.4 Å². The molecule has 6 heteroatoms. The zero-order chi connectivity index (χ0) is 26.6. The molecule has 1 aliphatic carbocycles. The van der Waals surface area contributed by atoms with Gasteiger partial charge in [0.2, 0.25) is 0 Å². The molecule has 0 spiro atoms. The van der Waals surface area contributed by atoms with Crippen LogP contribution in [0.4, 0.5) is 4.39 Å². The number of rotatable bonds is 8. The van der Waals surface area contributed by atoms with Crippen molar-refractivity contribution in [2.45, 2.75) is 45.1 Å². The molecule has 5 rings (SSSR count). The van der Waals surface area contributed by atoms with Crippen LogP contribution in [-0.4, -0.2) is 48.4 Å². The van der Waals surface area contributed by atoms with Gasteiger partial charge in [-0.25, -0.2) is 4.79 Å². The van der Waals surface area contributed by atoms with Crippen molar-refractivity contribution in [3.05, 3.63) is 99.1 Å². The Kier molecular flexibility index (Phi) is 8.15. The lowest BCUT2D eigenvalue weighted by Crippen LogP contribution is -2.26. The summed E-state index contributed by atoms with van der Waals surface area (Å²) in [5.41, 5.74) is 8.18. The number of nitrogens with zero attached hydrogens (tertiary/aromatic N) is 1. The first-order valence-corrected chi connectivity index (χ1v) is 13.7. The second-order valence-electron chi connectivity index (χ2n) is 10.2. The first kappa shape index (κ1) is 26.5. The second-order valence-corrected chi connectivity index (χ2v) is 10.7. The SMILES string of the molecule is Cc1cc(Cl)ccc1C1=C(c2ccc(OC3CCN(CCCF)C3)cc2)c2ccc(C(=O)O)cc2CCC1. The van der Waals surface area contributed by atoms with E-state index in [1.165, 1.54) is 11.1 Å². The summed E-state index contributed by atoms with van der Waals surface area (Å²) in [4.78, 5) is 13.9. The zero-order valence-corrected chi connectivity index (χ0v) is 22.4. The third-order valence-corrected chi connectivity index (χ3v) is 7.83. The van der Waals surface area contributed by atoms with Crippen molar-refractivity contribution in [2.24, 2.45) is 0 Å². The molecule has 1 heterocycles. The Balaban J connectivity index is 1.51. The molecule has 3 aromatic carbocycles. The molecule has 0 amide bonds. The standard InChI is InChI=1S/C32H33ClFNO3/c1-21-18-25(33)9-13-28(21)30-5-2-4-23-19-24(32(36)37)8-12-29(23)31(30)22-6-10-26(11-7-22)38-27-14-17-35(20-27)16-3-15-34/h6-13,18-19,27H,2-5,14-17,20H2,1H3,(H,36,37). The Labute approximate surface area is 228 Å². The normalized spacial score (nSPS) is 17.8. The van der Waals surface area contributed by atoms with Crippen LogP contribution in [0.15, 0.2) is 60.7 Å². The number of aryl methyl sites for hydroxylation is 2. The van der Waals surface area contributed by atoms with Gasteiger partial charge in [0.15, 0.2) is 0 Å². The highest BCUT2D eigenvalue weighted by Crippen LogP contribution is 2.41. The van der Waals surface area contributed by atoms with Crippen molar-refractivity contribution in [2.75, 3.05) is 26.3 Å². The number of hydrogen-bond acceptors (Lipinski definition) is 3. The summed E-state index contributed by atoms with van der Waals surface area (Å²) in [6.07, 6.45) is 4.25. The summed E-state index contributed by atoms with van der Waals surface area (Å²) in [7, 11) is 0. The number of carboxylic acid groups (broad SMARTS) is 1. The molecule has 1 aliphatic heterocycles. The van der Waals surface area contributed by atoms with Crippen LogP contribution in [0.3, 0.4) is 0 Å². The first-order valence-electron chi connectivity index (χ1n) is 13.3. The van der Waals surface area contributed by atoms with Crippen molar-refractivity contribution >= 4 is 28.7 Å². The van der Waals surface area contributed by atoms with Gasteiger partial charge >= 0.3 is 5.97 Å². The van der Waals surface area contributed by atoms with Gasteiger partial charge in [0.25, 0.3) is 0 Å². The average Bonchev–Trinajstić information content (AvgIpc) is 3.26. The Morgan fingerprint density at radius 2 is 1.87 bits per heavy atom. The Bertz CT molecular complexity index is 1350. The minimum atomic E-state index is -0.909. The van der Waals surface area contributed by atoms with Gasteiger partial charge < -0.3 is 9.84 Å². The third-order valence-electron chi connectivity index (χ3n) is 7.59. The van der Waals surface area contributed by atoms with Gasteiger partial charge in [-0.2, -0.15) is 0 Å². The quantitative estimate of drug-likeness (QED) is 0.326. The van der Waals surface area contributed by atoms with Crippen LogP contribution >= 0.6 is 11.6 Å². The fraction of sp³-hybridized carbons (Fsp3) is 0.344. The first-order chi connectivity index (χ1) is 18.4. The molecule has 0 bridgehead atoms. The summed E-state index contributed by atoms with van der Waals surface area (Å²) in [5.74, 6) is -0.0843. The molecule has 38 heavy (non-hydrogen) atoms. The second kappa shape index (κ2) is 11.7. The number of likely N-dealkylation sites (tertiary alicyclic amines) is 1. The highest BCUT2D eigenvalue weighted by Gasteiger charge is 2.25. The van der Waals surface area contributed by atoms with Crippen molar-refractivity contribution in [1.82, 2.24) is 4.90 Å². The molecule has 2 aliphatic rings. The van der Waals surface area contributed by atoms with E-state index in [4.69, 9.17) is 16.3 Å². The summed E-state index contributed by atoms with van der Waals surface area (Å²) < 4.78 is 18.8. The van der Waals surface area contributed by atoms with Crippen LogP contribution in [0, 0.1) is 6.92 Å². The predicted molar refractivity (Wildman–Crippen MR) is 151 cm³/mol. The largest absolute Gasteiger partial charge is 0.489 e. The topological polar surface area (TPSA) is 49.8 Å². The van der Waals surface area contributed by atoms with Gasteiger partial charge in [-0.3, -0.25) is 9.29 Å². The van der Waals surface area contributed by atoms with Crippen LogP contribution in [0.25, 0.3) is 11.1 Å². The van der Waals surface area contributed by atoms with E-state index >= 15 is 0 Å². The summed E-state index contributed by atoms with van der Waals surface area (Å²) in [5, 5.41) is 10.3. The number of carbonyl (C=O) groups is 1. The molecule has 1 N–H and O–H groups in total. The maximum atomic E-state index is 12.5. The molecular formula is C32H33ClFNO3. The number of hydrogen-bond donors (Lipinski definition) is 1. The number of fused-ring (bicyclic) bond motifs is 1. The number of allylic oxidation sites excluding steroid dienone is 1. The van der Waals surface area contributed by atoms with Crippen molar-refractivity contribution in [1.29, 1.82) is 0 Å². The van der Waals surface area contributed by atoms with Crippen LogP contribution < -0.4 is 4.74 Å². The predicted octanol–water partition coefficient (Wildman–Crippen LogP) is 7.45. The molecule has 0 aromatic heterocycles. The van der Waals surface area contributed by atoms with E-state index in [1.54, 1.807) is 6.07 Å². The molecular weight excluding hydrogens is 501 g/mol. The lowest BCUT2D eigenvalue weighted by molar-refractivity contribution is 0.0696. The number of benzene rings is 3. The monoisotopic (exact) mass is 533 g/mol. The van der Waals surface area contributed by atoms with E-state index in [0.717, 1.165) is 78.9 Å². The van der Waals surface area contributed by atoms with E-state index in [-0.39, 0.29) is 12.8 Å². The number of carboxylic acids is 1. The highest BCUT2D eigenvalue weighted by molar-refractivity contribution is 6.30. The van der Waals surface area contributed by atoms with Gasteiger partial charge in [-0.15, -0.1) is 0 Å². The van der Waals surface area contributed by atoms with Crippen LogP contribution in [0.5, 0.6) is 5.75 Å². The van der Waals surface area contributed by atoms with Gasteiger partial charge in [-0.1, -0.05) is 35.9 Å². The van der Waals surface area contributed by atoms with Crippen molar-refractivity contribution in [3.8, 4) is 5.75 Å². The molecule has 3 aromatic rings. The van der Waals surface area contributed by atoms with Gasteiger partial charge in [0.05, 0.1) is 12.2 Å². The molecule has 4 nitrogen and oxygen atoms in total. The van der Waals surface area contributed by atoms with Crippen molar-refractivity contribution < 1.29 is 19.0 Å². The minimum Gasteiger partial charge on any atom is -0.489 e. The smallest absolute Gasteiger partial charge is 0.335 e. The average molecular weight is 534 g/mol. The number of ether oxygens (including phenoxy) is 1. The molecule has 1 saturated heterocycles. The third kappa shape index (κ3) is 5.79. The van der Waals surface area contributed by atoms with E-state index in [9.17, 15) is 14.3 Å². The fourth-order valence-corrected chi connectivity index (χ4v) is 5.98. The van der Waals surface area contributed by atoms with E-state index in [2.05, 4.69) is 30.0 Å². The van der Waals surface area contributed by atoms with Crippen LogP contribution in [0.1, 0.15) is 63.9 Å². The summed E-state index contributed by atoms with van der Waals surface area (Å²) >= 11 is 6.29. The highest BCUT2D eigenvalue weighted by atomic mass is 35.5. The Hall–Kier alpha value is -3.15. The van der Waals surface area contributed by atoms with Gasteiger partial charge in [-0.05, 0) is 114 Å². The Morgan fingerprint density at radius 1 is 1.08 bits per heavy atom. The zero-order valence-electron chi connectivity index (χ0n) is 21.7. The molecule has 1 atom stereocenters. The van der Waals surface area contributed by atoms with Gasteiger partial charge in [0, 0.05) is 24.7 Å². The van der Waals surface area contributed by atoms with Gasteiger partial charge in [0.1, 0.15) is 11.9 Å². The summed E-state index contributed by atoms with van der Waals surface area (Å²) in [6, 6.07) is 19.8. The molecule has 1 fully saturated rings. The van der Waals surface area contributed by atoms with E-state index in [0.29, 0.717) is 17.0 Å². The summed E-state index contributed by atoms with van der Waals surface area (Å²) in [6.45, 7) is 4.35. The number of halogens is 2.